The van der Waals surface area contributed by atoms with Crippen LogP contribution in [0.5, 0.6) is 5.75 Å². The highest BCUT2D eigenvalue weighted by atomic mass is 16.5. The van der Waals surface area contributed by atoms with E-state index in [0.29, 0.717) is 13.2 Å². The van der Waals surface area contributed by atoms with E-state index >= 15 is 0 Å². The molecule has 114 valence electrons. The largest absolute Gasteiger partial charge is 0.497 e. The van der Waals surface area contributed by atoms with E-state index in [1.165, 1.54) is 0 Å². The van der Waals surface area contributed by atoms with E-state index in [-0.39, 0.29) is 18.2 Å². The second kappa shape index (κ2) is 8.95. The third-order valence-corrected chi connectivity index (χ3v) is 3.14. The molecule has 1 rings (SSSR count). The average Bonchev–Trinajstić information content (AvgIpc) is 2.46. The van der Waals surface area contributed by atoms with Crippen LogP contribution < -0.4 is 10.5 Å². The van der Waals surface area contributed by atoms with Crippen molar-refractivity contribution in [2.75, 3.05) is 20.3 Å². The molecule has 0 saturated carbocycles. The predicted octanol–water partition coefficient (Wildman–Crippen LogP) is 2.92. The van der Waals surface area contributed by atoms with E-state index in [0.717, 1.165) is 17.7 Å². The number of nitrogens with two attached hydrogens (primary N) is 1. The molecule has 1 aromatic rings. The zero-order chi connectivity index (χ0) is 15.0. The number of methoxy groups -OCH3 is 1. The third-order valence-electron chi connectivity index (χ3n) is 3.14. The Labute approximate surface area is 122 Å². The molecule has 0 aliphatic rings. The van der Waals surface area contributed by atoms with Crippen molar-refractivity contribution in [2.45, 2.75) is 45.4 Å². The Kier molecular flexibility index (Phi) is 7.59. The van der Waals surface area contributed by atoms with Crippen LogP contribution in [0, 0.1) is 0 Å². The van der Waals surface area contributed by atoms with Crippen molar-refractivity contribution in [3.05, 3.63) is 29.8 Å². The Morgan fingerprint density at radius 1 is 1.05 bits per heavy atom. The van der Waals surface area contributed by atoms with Crippen LogP contribution in [-0.2, 0) is 9.47 Å². The van der Waals surface area contributed by atoms with Crippen LogP contribution in [0.4, 0.5) is 0 Å². The minimum atomic E-state index is -0.110. The molecular formula is C16H27NO3. The summed E-state index contributed by atoms with van der Waals surface area (Å²) in [6.07, 6.45) is 0.974. The molecule has 4 heteroatoms. The van der Waals surface area contributed by atoms with E-state index in [9.17, 15) is 0 Å². The van der Waals surface area contributed by atoms with Gasteiger partial charge in [0.1, 0.15) is 5.75 Å². The molecule has 0 spiro atoms. The van der Waals surface area contributed by atoms with Crippen molar-refractivity contribution in [1.82, 2.24) is 0 Å². The van der Waals surface area contributed by atoms with E-state index in [1.807, 2.05) is 38.1 Å². The lowest BCUT2D eigenvalue weighted by Crippen LogP contribution is -2.30. The number of hydrogen-bond acceptors (Lipinski definition) is 4. The van der Waals surface area contributed by atoms with E-state index in [4.69, 9.17) is 19.9 Å². The molecule has 0 aliphatic carbocycles. The highest BCUT2D eigenvalue weighted by molar-refractivity contribution is 5.29. The van der Waals surface area contributed by atoms with Crippen LogP contribution in [0.2, 0.25) is 0 Å². The molecule has 0 bridgehead atoms. The fourth-order valence-electron chi connectivity index (χ4n) is 1.93. The van der Waals surface area contributed by atoms with Crippen LogP contribution >= 0.6 is 0 Å². The summed E-state index contributed by atoms with van der Waals surface area (Å²) in [5.74, 6) is 0.834. The molecule has 4 nitrogen and oxygen atoms in total. The average molecular weight is 281 g/mol. The van der Waals surface area contributed by atoms with Gasteiger partial charge < -0.3 is 19.9 Å². The first kappa shape index (κ1) is 17.0. The van der Waals surface area contributed by atoms with Gasteiger partial charge in [-0.25, -0.2) is 0 Å². The fourth-order valence-corrected chi connectivity index (χ4v) is 1.93. The summed E-state index contributed by atoms with van der Waals surface area (Å²) in [6.45, 7) is 7.22. The molecule has 0 heterocycles. The molecule has 0 saturated heterocycles. The number of ether oxygens (including phenoxy) is 3. The Morgan fingerprint density at radius 3 is 2.15 bits per heavy atom. The van der Waals surface area contributed by atoms with Crippen molar-refractivity contribution >= 4 is 0 Å². The quantitative estimate of drug-likeness (QED) is 0.707. The van der Waals surface area contributed by atoms with E-state index in [1.54, 1.807) is 7.11 Å². The van der Waals surface area contributed by atoms with Crippen LogP contribution in [0.1, 0.15) is 38.9 Å². The van der Waals surface area contributed by atoms with Gasteiger partial charge in [-0.2, -0.15) is 0 Å². The molecule has 2 N–H and O–H groups in total. The van der Waals surface area contributed by atoms with Gasteiger partial charge in [0.25, 0.3) is 0 Å². The van der Waals surface area contributed by atoms with Crippen LogP contribution in [0.15, 0.2) is 24.3 Å². The van der Waals surface area contributed by atoms with Crippen molar-refractivity contribution in [3.8, 4) is 5.75 Å². The van der Waals surface area contributed by atoms with Crippen LogP contribution in [0.3, 0.4) is 0 Å². The molecule has 0 radical (unpaired) electrons. The first-order chi connectivity index (χ1) is 9.58. The number of hydrogen-bond donors (Lipinski definition) is 1. The summed E-state index contributed by atoms with van der Waals surface area (Å²) in [5.41, 5.74) is 7.24. The van der Waals surface area contributed by atoms with Gasteiger partial charge in [-0.15, -0.1) is 0 Å². The van der Waals surface area contributed by atoms with Gasteiger partial charge in [-0.3, -0.25) is 0 Å². The van der Waals surface area contributed by atoms with Gasteiger partial charge in [0.2, 0.25) is 0 Å². The lowest BCUT2D eigenvalue weighted by atomic mass is 10.0. The maximum Gasteiger partial charge on any atom is 0.118 e. The van der Waals surface area contributed by atoms with Gasteiger partial charge in [-0.05, 0) is 38.0 Å². The Morgan fingerprint density at radius 2 is 1.65 bits per heavy atom. The SMILES string of the molecule is CCC(N)C(OCCOC(C)C)c1ccc(OC)cc1. The second-order valence-electron chi connectivity index (χ2n) is 5.06. The predicted molar refractivity (Wildman–Crippen MR) is 81.0 cm³/mol. The van der Waals surface area contributed by atoms with Gasteiger partial charge in [0.15, 0.2) is 0 Å². The minimum absolute atomic E-state index is 0.0255. The van der Waals surface area contributed by atoms with Gasteiger partial charge in [0.05, 0.1) is 32.5 Å². The highest BCUT2D eigenvalue weighted by Gasteiger charge is 2.19. The molecule has 2 unspecified atom stereocenters. The van der Waals surface area contributed by atoms with Crippen molar-refractivity contribution in [3.63, 3.8) is 0 Å². The zero-order valence-corrected chi connectivity index (χ0v) is 13.0. The summed E-state index contributed by atoms with van der Waals surface area (Å²) >= 11 is 0. The first-order valence-corrected chi connectivity index (χ1v) is 7.21. The summed E-state index contributed by atoms with van der Waals surface area (Å²) in [4.78, 5) is 0. The van der Waals surface area contributed by atoms with Gasteiger partial charge >= 0.3 is 0 Å². The van der Waals surface area contributed by atoms with Crippen molar-refractivity contribution in [1.29, 1.82) is 0 Å². The summed E-state index contributed by atoms with van der Waals surface area (Å²) < 4.78 is 16.6. The summed E-state index contributed by atoms with van der Waals surface area (Å²) in [7, 11) is 1.66. The Balaban J connectivity index is 2.63. The van der Waals surface area contributed by atoms with Crippen molar-refractivity contribution < 1.29 is 14.2 Å². The molecule has 0 fully saturated rings. The monoisotopic (exact) mass is 281 g/mol. The molecule has 1 aromatic carbocycles. The summed E-state index contributed by atoms with van der Waals surface area (Å²) in [5, 5.41) is 0. The smallest absolute Gasteiger partial charge is 0.118 e. The highest BCUT2D eigenvalue weighted by Crippen LogP contribution is 2.24. The molecule has 20 heavy (non-hydrogen) atoms. The van der Waals surface area contributed by atoms with E-state index < -0.39 is 0 Å². The minimum Gasteiger partial charge on any atom is -0.497 e. The Bertz CT molecular complexity index is 364. The lowest BCUT2D eigenvalue weighted by Gasteiger charge is -2.24. The standard InChI is InChI=1S/C16H27NO3/c1-5-15(17)16(20-11-10-19-12(2)3)13-6-8-14(18-4)9-7-13/h6-9,12,15-16H,5,10-11,17H2,1-4H3. The third kappa shape index (κ3) is 5.49. The van der Waals surface area contributed by atoms with Gasteiger partial charge in [-0.1, -0.05) is 19.1 Å². The Hall–Kier alpha value is -1.10. The van der Waals surface area contributed by atoms with Crippen LogP contribution in [0.25, 0.3) is 0 Å². The van der Waals surface area contributed by atoms with Crippen molar-refractivity contribution in [2.24, 2.45) is 5.73 Å². The van der Waals surface area contributed by atoms with Crippen LogP contribution in [-0.4, -0.2) is 32.5 Å². The molecule has 0 amide bonds. The normalized spacial score (nSPS) is 14.3. The molecule has 2 atom stereocenters. The van der Waals surface area contributed by atoms with E-state index in [2.05, 4.69) is 6.92 Å². The summed E-state index contributed by atoms with van der Waals surface area (Å²) in [6, 6.07) is 7.84. The fraction of sp³-hybridized carbons (Fsp3) is 0.625. The lowest BCUT2D eigenvalue weighted by molar-refractivity contribution is -0.0224. The second-order valence-corrected chi connectivity index (χ2v) is 5.06. The number of rotatable bonds is 9. The zero-order valence-electron chi connectivity index (χ0n) is 13.0. The maximum atomic E-state index is 6.16. The molecular weight excluding hydrogens is 254 g/mol. The first-order valence-electron chi connectivity index (χ1n) is 7.21. The molecule has 0 aliphatic heterocycles. The van der Waals surface area contributed by atoms with Gasteiger partial charge in [0, 0.05) is 6.04 Å². The maximum absolute atomic E-state index is 6.16. The topological polar surface area (TPSA) is 53.7 Å². The number of benzene rings is 1. The molecule has 0 aromatic heterocycles.